The summed E-state index contributed by atoms with van der Waals surface area (Å²) < 4.78 is 40.1. The zero-order chi connectivity index (χ0) is 19.2. The molecule has 26 heavy (non-hydrogen) atoms. The number of thiophene rings is 1. The van der Waals surface area contributed by atoms with E-state index in [0.29, 0.717) is 17.8 Å². The molecule has 0 bridgehead atoms. The number of rotatable bonds is 7. The average Bonchev–Trinajstić information content (AvgIpc) is 3.08. The molecule has 0 aliphatic rings. The third kappa shape index (κ3) is 6.40. The van der Waals surface area contributed by atoms with Crippen LogP contribution in [-0.4, -0.2) is 43.2 Å². The number of benzene rings is 1. The fourth-order valence-corrected chi connectivity index (χ4v) is 2.85. The van der Waals surface area contributed by atoms with E-state index in [1.807, 2.05) is 0 Å². The van der Waals surface area contributed by atoms with Crippen molar-refractivity contribution in [3.05, 3.63) is 52.2 Å². The van der Waals surface area contributed by atoms with Crippen LogP contribution in [0.15, 0.2) is 41.8 Å². The maximum Gasteiger partial charge on any atom is 0.573 e. The van der Waals surface area contributed by atoms with Gasteiger partial charge in [-0.15, -0.1) is 24.5 Å². The summed E-state index contributed by atoms with van der Waals surface area (Å²) in [5.74, 6) is -0.830. The standard InChI is InChI=1S/C17H17F3N2O3S/c1-22(16(24)14-3-2-10-26-14)11-15(23)21-9-8-12-4-6-13(7-5-12)25-17(18,19)20/h2-7,10H,8-9,11H2,1H3,(H,21,23). The van der Waals surface area contributed by atoms with E-state index in [9.17, 15) is 22.8 Å². The Morgan fingerprint density at radius 2 is 1.88 bits per heavy atom. The molecule has 1 aromatic carbocycles. The van der Waals surface area contributed by atoms with Crippen molar-refractivity contribution in [2.24, 2.45) is 0 Å². The normalized spacial score (nSPS) is 11.1. The molecule has 0 fully saturated rings. The Hall–Kier alpha value is -2.55. The van der Waals surface area contributed by atoms with E-state index in [-0.39, 0.29) is 24.1 Å². The van der Waals surface area contributed by atoms with Crippen LogP contribution in [0.2, 0.25) is 0 Å². The minimum absolute atomic E-state index is 0.0743. The van der Waals surface area contributed by atoms with E-state index in [0.717, 1.165) is 5.56 Å². The average molecular weight is 386 g/mol. The molecule has 1 heterocycles. The molecule has 0 saturated carbocycles. The van der Waals surface area contributed by atoms with Crippen molar-refractivity contribution >= 4 is 23.2 Å². The molecule has 1 N–H and O–H groups in total. The SMILES string of the molecule is CN(CC(=O)NCCc1ccc(OC(F)(F)F)cc1)C(=O)c1cccs1. The molecule has 2 aromatic rings. The highest BCUT2D eigenvalue weighted by molar-refractivity contribution is 7.12. The van der Waals surface area contributed by atoms with Crippen molar-refractivity contribution in [3.8, 4) is 5.75 Å². The van der Waals surface area contributed by atoms with Gasteiger partial charge in [0.05, 0.1) is 11.4 Å². The van der Waals surface area contributed by atoms with E-state index in [1.165, 1.54) is 40.5 Å². The van der Waals surface area contributed by atoms with Crippen molar-refractivity contribution in [2.75, 3.05) is 20.1 Å². The smallest absolute Gasteiger partial charge is 0.406 e. The van der Waals surface area contributed by atoms with Gasteiger partial charge < -0.3 is 15.0 Å². The van der Waals surface area contributed by atoms with Gasteiger partial charge >= 0.3 is 6.36 Å². The molecule has 2 amide bonds. The van der Waals surface area contributed by atoms with E-state index >= 15 is 0 Å². The fraction of sp³-hybridized carbons (Fsp3) is 0.294. The lowest BCUT2D eigenvalue weighted by Crippen LogP contribution is -2.38. The predicted octanol–water partition coefficient (Wildman–Crippen LogP) is 3.08. The second-order valence-corrected chi connectivity index (χ2v) is 6.38. The number of amides is 2. The van der Waals surface area contributed by atoms with Gasteiger partial charge in [0.2, 0.25) is 5.91 Å². The summed E-state index contributed by atoms with van der Waals surface area (Å²) >= 11 is 1.30. The second kappa shape index (κ2) is 8.70. The van der Waals surface area contributed by atoms with Gasteiger partial charge in [-0.25, -0.2) is 0 Å². The molecule has 1 aromatic heterocycles. The van der Waals surface area contributed by atoms with Crippen LogP contribution in [0.3, 0.4) is 0 Å². The Labute approximate surface area is 152 Å². The lowest BCUT2D eigenvalue weighted by molar-refractivity contribution is -0.274. The minimum atomic E-state index is -4.72. The summed E-state index contributed by atoms with van der Waals surface area (Å²) in [6.07, 6.45) is -4.28. The van der Waals surface area contributed by atoms with Crippen LogP contribution >= 0.6 is 11.3 Å². The van der Waals surface area contributed by atoms with Crippen LogP contribution in [0.1, 0.15) is 15.2 Å². The number of halogens is 3. The summed E-state index contributed by atoms with van der Waals surface area (Å²) in [5, 5.41) is 4.46. The highest BCUT2D eigenvalue weighted by Crippen LogP contribution is 2.22. The van der Waals surface area contributed by atoms with Gasteiger partial charge in [-0.1, -0.05) is 18.2 Å². The topological polar surface area (TPSA) is 58.6 Å². The molecule has 0 radical (unpaired) electrons. The minimum Gasteiger partial charge on any atom is -0.406 e. The lowest BCUT2D eigenvalue weighted by Gasteiger charge is -2.16. The molecule has 0 aliphatic heterocycles. The number of ether oxygens (including phenoxy) is 1. The molecule has 2 rings (SSSR count). The lowest BCUT2D eigenvalue weighted by atomic mass is 10.1. The molecule has 0 atom stereocenters. The van der Waals surface area contributed by atoms with E-state index < -0.39 is 6.36 Å². The molecular formula is C17H17F3N2O3S. The summed E-state index contributed by atoms with van der Waals surface area (Å²) in [6, 6.07) is 8.89. The summed E-state index contributed by atoms with van der Waals surface area (Å²) in [4.78, 5) is 25.8. The number of hydrogen-bond donors (Lipinski definition) is 1. The van der Waals surface area contributed by atoms with Crippen molar-refractivity contribution in [3.63, 3.8) is 0 Å². The van der Waals surface area contributed by atoms with Gasteiger partial charge in [0.1, 0.15) is 5.75 Å². The second-order valence-electron chi connectivity index (χ2n) is 5.43. The Morgan fingerprint density at radius 3 is 2.46 bits per heavy atom. The summed E-state index contributed by atoms with van der Waals surface area (Å²) in [5.41, 5.74) is 0.753. The number of carbonyl (C=O) groups is 2. The van der Waals surface area contributed by atoms with Gasteiger partial charge in [0, 0.05) is 13.6 Å². The van der Waals surface area contributed by atoms with Crippen molar-refractivity contribution < 1.29 is 27.5 Å². The van der Waals surface area contributed by atoms with Crippen LogP contribution in [0.25, 0.3) is 0 Å². The molecule has 0 unspecified atom stereocenters. The quantitative estimate of drug-likeness (QED) is 0.796. The zero-order valence-electron chi connectivity index (χ0n) is 13.9. The third-order valence-electron chi connectivity index (χ3n) is 3.35. The number of likely N-dealkylation sites (N-methyl/N-ethyl adjacent to an activating group) is 1. The molecule has 0 aliphatic carbocycles. The van der Waals surface area contributed by atoms with Gasteiger partial charge in [0.15, 0.2) is 0 Å². The molecule has 0 saturated heterocycles. The van der Waals surface area contributed by atoms with Crippen LogP contribution < -0.4 is 10.1 Å². The van der Waals surface area contributed by atoms with Crippen LogP contribution in [0.5, 0.6) is 5.75 Å². The maximum atomic E-state index is 12.1. The van der Waals surface area contributed by atoms with Gasteiger partial charge in [0.25, 0.3) is 5.91 Å². The first kappa shape index (κ1) is 19.8. The maximum absolute atomic E-state index is 12.1. The van der Waals surface area contributed by atoms with Crippen molar-refractivity contribution in [1.82, 2.24) is 10.2 Å². The Balaban J connectivity index is 1.73. The zero-order valence-corrected chi connectivity index (χ0v) is 14.7. The van der Waals surface area contributed by atoms with E-state index in [1.54, 1.807) is 24.6 Å². The monoisotopic (exact) mass is 386 g/mol. The van der Waals surface area contributed by atoms with Crippen LogP contribution in [0, 0.1) is 0 Å². The highest BCUT2D eigenvalue weighted by Gasteiger charge is 2.30. The number of carbonyl (C=O) groups excluding carboxylic acids is 2. The first-order valence-corrected chi connectivity index (χ1v) is 8.53. The highest BCUT2D eigenvalue weighted by atomic mass is 32.1. The Kier molecular flexibility index (Phi) is 6.62. The Bertz CT molecular complexity index is 731. The Morgan fingerprint density at radius 1 is 1.19 bits per heavy atom. The van der Waals surface area contributed by atoms with Crippen LogP contribution in [0.4, 0.5) is 13.2 Å². The van der Waals surface area contributed by atoms with Gasteiger partial charge in [-0.3, -0.25) is 9.59 Å². The molecular weight excluding hydrogens is 369 g/mol. The molecule has 0 spiro atoms. The number of alkyl halides is 3. The first-order chi connectivity index (χ1) is 12.2. The number of nitrogens with one attached hydrogen (secondary N) is 1. The summed E-state index contributed by atoms with van der Waals surface area (Å²) in [7, 11) is 1.54. The largest absolute Gasteiger partial charge is 0.573 e. The first-order valence-electron chi connectivity index (χ1n) is 7.65. The number of hydrogen-bond acceptors (Lipinski definition) is 4. The van der Waals surface area contributed by atoms with E-state index in [4.69, 9.17) is 0 Å². The molecule has 9 heteroatoms. The predicted molar refractivity (Wildman–Crippen MR) is 91.1 cm³/mol. The molecule has 140 valence electrons. The van der Waals surface area contributed by atoms with Crippen LogP contribution in [-0.2, 0) is 11.2 Å². The van der Waals surface area contributed by atoms with Gasteiger partial charge in [-0.05, 0) is 35.6 Å². The van der Waals surface area contributed by atoms with Crippen molar-refractivity contribution in [1.29, 1.82) is 0 Å². The van der Waals surface area contributed by atoms with E-state index in [2.05, 4.69) is 10.1 Å². The van der Waals surface area contributed by atoms with Crippen molar-refractivity contribution in [2.45, 2.75) is 12.8 Å². The third-order valence-corrected chi connectivity index (χ3v) is 4.21. The number of nitrogens with zero attached hydrogens (tertiary/aromatic N) is 1. The molecule has 5 nitrogen and oxygen atoms in total. The summed E-state index contributed by atoms with van der Waals surface area (Å²) in [6.45, 7) is 0.231. The fourth-order valence-electron chi connectivity index (χ4n) is 2.14. The van der Waals surface area contributed by atoms with Gasteiger partial charge in [-0.2, -0.15) is 0 Å².